The molecule has 0 bridgehead atoms. The van der Waals surface area contributed by atoms with Crippen molar-refractivity contribution in [3.63, 3.8) is 0 Å². The largest absolute Gasteiger partial charge is 0.394 e. The van der Waals surface area contributed by atoms with Crippen molar-refractivity contribution < 1.29 is 124 Å². The van der Waals surface area contributed by atoms with Crippen LogP contribution in [0.2, 0.25) is 0 Å². The molecule has 15 N–H and O–H groups in total. The molecule has 5 aliphatic heterocycles. The van der Waals surface area contributed by atoms with Crippen molar-refractivity contribution in [2.75, 3.05) is 33.0 Å². The first kappa shape index (κ1) is 59.1. The van der Waals surface area contributed by atoms with Gasteiger partial charge in [-0.25, -0.2) is 0 Å². The molecule has 0 unspecified atom stereocenters. The van der Waals surface area contributed by atoms with Crippen molar-refractivity contribution in [3.05, 3.63) is 11.6 Å². The number of ether oxygens (including phenoxy) is 9. The van der Waals surface area contributed by atoms with E-state index < -0.39 is 167 Å². The lowest BCUT2D eigenvalue weighted by Gasteiger charge is -2.57. The van der Waals surface area contributed by atoms with Gasteiger partial charge in [0.2, 0.25) is 0 Å². The first-order chi connectivity index (χ1) is 35.9. The Balaban J connectivity index is 0.810. The summed E-state index contributed by atoms with van der Waals surface area (Å²) < 4.78 is 53.1. The number of aliphatic hydroxyl groups excluding tert-OH is 14. The number of rotatable bonds is 16. The van der Waals surface area contributed by atoms with Crippen LogP contribution in [0.4, 0.5) is 0 Å². The highest BCUT2D eigenvalue weighted by molar-refractivity contribution is 5.87. The van der Waals surface area contributed by atoms with Gasteiger partial charge in [-0.1, -0.05) is 39.3 Å². The minimum atomic E-state index is -1.94. The minimum absolute atomic E-state index is 0.00416. The SMILES string of the molecule is C[C@@H](CC[C@@]1(O)O[C@H]2C[C@H]3[C@H]4CC=C5C[C@H](O[C@@H]6O[C@H](CO)[C@H](O[C@H]7O[C@@H](CO)[C@H](O)[C@@H](O)[C@@H]7O[C@H]7O[C@@H](CO)[C@H](O)[C@@H](O)[C@@H]7O)[C@H](O)[C@H]6O)CC[C@]5(C)[C@@H]4CC(=O)[C@]3(C)[C@@H]2[C@@H]1C)CO[C@@H]1O[C@H](CO)[C@@H](O)[C@H](O)[C@H]1O. The summed E-state index contributed by atoms with van der Waals surface area (Å²) in [5.74, 6) is -1.91. The Morgan fingerprint density at radius 1 is 0.645 bits per heavy atom. The van der Waals surface area contributed by atoms with Gasteiger partial charge in [-0.05, 0) is 67.6 Å². The van der Waals surface area contributed by atoms with Crippen LogP contribution in [0.3, 0.4) is 0 Å². The van der Waals surface area contributed by atoms with Crippen LogP contribution in [-0.4, -0.2) is 256 Å². The average molecular weight is 1100 g/mol. The third kappa shape index (κ3) is 10.3. The van der Waals surface area contributed by atoms with E-state index in [1.54, 1.807) is 0 Å². The zero-order valence-electron chi connectivity index (χ0n) is 43.2. The van der Waals surface area contributed by atoms with Gasteiger partial charge < -0.3 is 119 Å². The van der Waals surface area contributed by atoms with Crippen molar-refractivity contribution in [3.8, 4) is 0 Å². The molecular formula is C51H82O25. The molecule has 3 saturated carbocycles. The molecule has 0 amide bonds. The standard InChI is InChI=1S/C51H82O25/c1-19(18-68-45-40(64)36(60)33(57)27(14-52)70-45)7-10-51(67)20(2)32-26(76-51)12-25-23-6-5-21-11-22(8-9-49(21,3)24(23)13-31(56)50(25,32)4)69-46-42(66)39(63)43(30(17-55)73-46)74-48-44(38(62)35(59)29(16-54)72-48)75-47-41(65)37(61)34(58)28(15-53)71-47/h5,19-20,22-30,32-48,52-55,57-67H,6-18H2,1-4H3/t19-,20-,22+,23-,24+,25-,26-,27+,28-,29-,30+,32+,33+,34-,35-,36-,37+,38+,39+,40+,41-,42+,43-,44-,45+,46+,47+,48+,49-,50+,51+/m0/s1. The van der Waals surface area contributed by atoms with Crippen LogP contribution < -0.4 is 0 Å². The predicted molar refractivity (Wildman–Crippen MR) is 252 cm³/mol. The van der Waals surface area contributed by atoms with Gasteiger partial charge in [-0.3, -0.25) is 4.79 Å². The fourth-order valence-corrected chi connectivity index (χ4v) is 14.7. The molecule has 25 nitrogen and oxygen atoms in total. The summed E-state index contributed by atoms with van der Waals surface area (Å²) in [4.78, 5) is 14.7. The van der Waals surface area contributed by atoms with E-state index in [4.69, 9.17) is 42.6 Å². The zero-order valence-corrected chi connectivity index (χ0v) is 43.2. The number of hydrogen-bond acceptors (Lipinski definition) is 25. The Labute approximate surface area is 439 Å². The first-order valence-corrected chi connectivity index (χ1v) is 27.0. The van der Waals surface area contributed by atoms with Gasteiger partial charge >= 0.3 is 0 Å². The van der Waals surface area contributed by atoms with Crippen LogP contribution >= 0.6 is 0 Å². The van der Waals surface area contributed by atoms with Gasteiger partial charge in [0.15, 0.2) is 30.9 Å². The molecule has 31 atom stereocenters. The fraction of sp³-hybridized carbons (Fsp3) is 0.941. The summed E-state index contributed by atoms with van der Waals surface area (Å²) in [7, 11) is 0. The minimum Gasteiger partial charge on any atom is -0.394 e. The molecule has 8 fully saturated rings. The maximum Gasteiger partial charge on any atom is 0.187 e. The van der Waals surface area contributed by atoms with Crippen LogP contribution in [0, 0.1) is 46.3 Å². The van der Waals surface area contributed by atoms with Crippen molar-refractivity contribution in [1.82, 2.24) is 0 Å². The fourth-order valence-electron chi connectivity index (χ4n) is 14.7. The van der Waals surface area contributed by atoms with E-state index >= 15 is 0 Å². The van der Waals surface area contributed by atoms with Crippen molar-refractivity contribution in [2.45, 2.75) is 220 Å². The Hall–Kier alpha value is -1.55. The number of ketones is 1. The molecule has 0 radical (unpaired) electrons. The average Bonchev–Trinajstić information content (AvgIpc) is 3.85. The highest BCUT2D eigenvalue weighted by Gasteiger charge is 2.71. The number of allylic oxidation sites excluding steroid dienone is 1. The highest BCUT2D eigenvalue weighted by Crippen LogP contribution is 2.69. The normalized spacial score (nSPS) is 53.8. The van der Waals surface area contributed by atoms with Crippen LogP contribution in [-0.2, 0) is 47.4 Å². The van der Waals surface area contributed by atoms with Crippen molar-refractivity contribution >= 4 is 5.78 Å². The van der Waals surface area contributed by atoms with E-state index in [0.29, 0.717) is 44.9 Å². The van der Waals surface area contributed by atoms with Crippen LogP contribution in [0.5, 0.6) is 0 Å². The van der Waals surface area contributed by atoms with Gasteiger partial charge in [0.05, 0.1) is 45.2 Å². The maximum atomic E-state index is 14.7. The second-order valence-corrected chi connectivity index (χ2v) is 23.7. The van der Waals surface area contributed by atoms with E-state index in [1.165, 1.54) is 0 Å². The number of fused-ring (bicyclic) bond motifs is 7. The summed E-state index contributed by atoms with van der Waals surface area (Å²) in [5.41, 5.74) is 0.00157. The summed E-state index contributed by atoms with van der Waals surface area (Å²) in [6.07, 6.45) is -27.3. The monoisotopic (exact) mass is 1090 g/mol. The number of Topliss-reactive ketones (excluding diaryl/α,β-unsaturated/α-hetero) is 1. The second kappa shape index (κ2) is 23.0. The Kier molecular flexibility index (Phi) is 17.9. The third-order valence-electron chi connectivity index (χ3n) is 19.4. The molecule has 5 heterocycles. The smallest absolute Gasteiger partial charge is 0.187 e. The van der Waals surface area contributed by atoms with E-state index in [-0.39, 0.29) is 65.8 Å². The molecule has 0 aromatic rings. The Morgan fingerprint density at radius 3 is 1.80 bits per heavy atom. The van der Waals surface area contributed by atoms with Gasteiger partial charge in [0, 0.05) is 30.1 Å². The van der Waals surface area contributed by atoms with Gasteiger partial charge in [-0.15, -0.1) is 0 Å². The quantitative estimate of drug-likeness (QED) is 0.0645. The Bertz CT molecular complexity index is 2020. The molecule has 4 aliphatic carbocycles. The highest BCUT2D eigenvalue weighted by atomic mass is 16.8. The first-order valence-electron chi connectivity index (χ1n) is 27.0. The van der Waals surface area contributed by atoms with Crippen molar-refractivity contribution in [2.24, 2.45) is 46.3 Å². The lowest BCUT2D eigenvalue weighted by atomic mass is 9.46. The third-order valence-corrected chi connectivity index (χ3v) is 19.4. The molecule has 9 aliphatic rings. The molecule has 25 heteroatoms. The topological polar surface area (TPSA) is 404 Å². The summed E-state index contributed by atoms with van der Waals surface area (Å²) in [6.45, 7) is 5.20. The van der Waals surface area contributed by atoms with Crippen molar-refractivity contribution in [1.29, 1.82) is 0 Å². The van der Waals surface area contributed by atoms with Crippen LogP contribution in [0.1, 0.15) is 79.1 Å². The van der Waals surface area contributed by atoms with E-state index in [0.717, 1.165) is 5.57 Å². The second-order valence-electron chi connectivity index (χ2n) is 23.7. The maximum absolute atomic E-state index is 14.7. The van der Waals surface area contributed by atoms with Gasteiger partial charge in [-0.2, -0.15) is 0 Å². The number of carbonyl (C=O) groups is 1. The van der Waals surface area contributed by atoms with Crippen LogP contribution in [0.25, 0.3) is 0 Å². The molecule has 76 heavy (non-hydrogen) atoms. The molecule has 0 aromatic carbocycles. The number of carbonyl (C=O) groups excluding carboxylic acids is 1. The number of hydrogen-bond donors (Lipinski definition) is 15. The molecule has 5 saturated heterocycles. The van der Waals surface area contributed by atoms with E-state index in [2.05, 4.69) is 13.0 Å². The van der Waals surface area contributed by atoms with E-state index in [9.17, 15) is 81.4 Å². The molecule has 9 rings (SSSR count). The summed E-state index contributed by atoms with van der Waals surface area (Å²) >= 11 is 0. The predicted octanol–water partition coefficient (Wildman–Crippen LogP) is -4.86. The lowest BCUT2D eigenvalue weighted by molar-refractivity contribution is -0.390. The van der Waals surface area contributed by atoms with Gasteiger partial charge in [0.1, 0.15) is 103 Å². The van der Waals surface area contributed by atoms with Gasteiger partial charge in [0.25, 0.3) is 0 Å². The molecule has 436 valence electrons. The number of aliphatic hydroxyl groups is 15. The lowest BCUT2D eigenvalue weighted by Crippen LogP contribution is -2.67. The zero-order chi connectivity index (χ0) is 55.1. The van der Waals surface area contributed by atoms with E-state index in [1.807, 2.05) is 20.8 Å². The summed E-state index contributed by atoms with van der Waals surface area (Å²) in [6, 6.07) is 0. The summed E-state index contributed by atoms with van der Waals surface area (Å²) in [5, 5.41) is 159. The van der Waals surface area contributed by atoms with Crippen LogP contribution in [0.15, 0.2) is 11.6 Å². The molecule has 0 spiro atoms. The Morgan fingerprint density at radius 2 is 1.17 bits per heavy atom. The molecular weight excluding hydrogens is 1010 g/mol. The molecule has 0 aromatic heterocycles.